The number of sulfonamides is 1. The highest BCUT2D eigenvalue weighted by atomic mass is 32.2. The molecule has 112 valence electrons. The normalized spacial score (nSPS) is 24.3. The van der Waals surface area contributed by atoms with Gasteiger partial charge in [-0.05, 0) is 43.4 Å². The Labute approximate surface area is 119 Å². The smallest absolute Gasteiger partial charge is 0.243 e. The lowest BCUT2D eigenvalue weighted by Crippen LogP contribution is -2.34. The SMILES string of the molecule is CC1CCCC(NS(=O)(=O)c2ccc(N)cc2F)CC1. The van der Waals surface area contributed by atoms with Crippen LogP contribution in [0, 0.1) is 11.7 Å². The maximum atomic E-state index is 13.7. The number of rotatable bonds is 3. The molecule has 2 rings (SSSR count). The molecule has 20 heavy (non-hydrogen) atoms. The van der Waals surface area contributed by atoms with Crippen LogP contribution in [0.4, 0.5) is 10.1 Å². The number of anilines is 1. The molecule has 2 atom stereocenters. The van der Waals surface area contributed by atoms with E-state index in [1.54, 1.807) is 0 Å². The molecule has 0 bridgehead atoms. The summed E-state index contributed by atoms with van der Waals surface area (Å²) in [6, 6.07) is 3.53. The van der Waals surface area contributed by atoms with Crippen molar-refractivity contribution < 1.29 is 12.8 Å². The Kier molecular flexibility index (Phi) is 4.65. The van der Waals surface area contributed by atoms with Crippen molar-refractivity contribution in [2.45, 2.75) is 50.0 Å². The van der Waals surface area contributed by atoms with E-state index in [2.05, 4.69) is 11.6 Å². The van der Waals surface area contributed by atoms with Crippen molar-refractivity contribution in [1.82, 2.24) is 4.72 Å². The van der Waals surface area contributed by atoms with Gasteiger partial charge in [0.05, 0.1) is 0 Å². The number of benzene rings is 1. The maximum absolute atomic E-state index is 13.7. The number of hydrogen-bond donors (Lipinski definition) is 2. The molecular weight excluding hydrogens is 279 g/mol. The van der Waals surface area contributed by atoms with Crippen LogP contribution in [-0.4, -0.2) is 14.5 Å². The lowest BCUT2D eigenvalue weighted by atomic mass is 10.0. The van der Waals surface area contributed by atoms with Crippen molar-refractivity contribution >= 4 is 15.7 Å². The highest BCUT2D eigenvalue weighted by molar-refractivity contribution is 7.89. The van der Waals surface area contributed by atoms with Crippen LogP contribution in [0.15, 0.2) is 23.1 Å². The van der Waals surface area contributed by atoms with E-state index in [1.807, 2.05) is 0 Å². The minimum absolute atomic E-state index is 0.109. The molecule has 1 aliphatic rings. The zero-order valence-electron chi connectivity index (χ0n) is 11.6. The number of nitrogen functional groups attached to an aromatic ring is 1. The van der Waals surface area contributed by atoms with Crippen molar-refractivity contribution in [3.8, 4) is 0 Å². The van der Waals surface area contributed by atoms with Gasteiger partial charge in [0.25, 0.3) is 0 Å². The van der Waals surface area contributed by atoms with Gasteiger partial charge in [-0.3, -0.25) is 0 Å². The van der Waals surface area contributed by atoms with Crippen LogP contribution in [0.25, 0.3) is 0 Å². The molecule has 1 aromatic rings. The van der Waals surface area contributed by atoms with Crippen molar-refractivity contribution in [2.75, 3.05) is 5.73 Å². The Morgan fingerprint density at radius 2 is 2.00 bits per heavy atom. The summed E-state index contributed by atoms with van der Waals surface area (Å²) in [6.45, 7) is 2.18. The van der Waals surface area contributed by atoms with Gasteiger partial charge in [0.1, 0.15) is 10.7 Å². The fourth-order valence-corrected chi connectivity index (χ4v) is 3.99. The summed E-state index contributed by atoms with van der Waals surface area (Å²) in [6.07, 6.45) is 4.72. The molecule has 0 spiro atoms. The van der Waals surface area contributed by atoms with E-state index in [1.165, 1.54) is 12.1 Å². The molecule has 0 amide bonds. The number of nitrogens with two attached hydrogens (primary N) is 1. The van der Waals surface area contributed by atoms with Gasteiger partial charge in [0, 0.05) is 11.7 Å². The van der Waals surface area contributed by atoms with Gasteiger partial charge in [-0.2, -0.15) is 0 Å². The van der Waals surface area contributed by atoms with E-state index in [4.69, 9.17) is 5.73 Å². The number of hydrogen-bond acceptors (Lipinski definition) is 3. The zero-order valence-corrected chi connectivity index (χ0v) is 12.4. The fraction of sp³-hybridized carbons (Fsp3) is 0.571. The third-order valence-corrected chi connectivity index (χ3v) is 5.38. The lowest BCUT2D eigenvalue weighted by molar-refractivity contribution is 0.482. The van der Waals surface area contributed by atoms with Crippen LogP contribution in [0.2, 0.25) is 0 Å². The molecule has 6 heteroatoms. The third-order valence-electron chi connectivity index (χ3n) is 3.82. The lowest BCUT2D eigenvalue weighted by Gasteiger charge is -2.17. The molecule has 1 fully saturated rings. The Bertz CT molecular complexity index is 575. The predicted octanol–water partition coefficient (Wildman–Crippen LogP) is 2.66. The first-order valence-corrected chi connectivity index (χ1v) is 8.44. The molecule has 1 aromatic carbocycles. The summed E-state index contributed by atoms with van der Waals surface area (Å²) in [4.78, 5) is -0.330. The molecule has 0 heterocycles. The molecular formula is C14H21FN2O2S. The second kappa shape index (κ2) is 6.10. The van der Waals surface area contributed by atoms with Crippen molar-refractivity contribution in [3.63, 3.8) is 0 Å². The number of halogens is 1. The van der Waals surface area contributed by atoms with E-state index in [0.29, 0.717) is 5.92 Å². The molecule has 1 saturated carbocycles. The Morgan fingerprint density at radius 3 is 2.70 bits per heavy atom. The Morgan fingerprint density at radius 1 is 1.25 bits per heavy atom. The van der Waals surface area contributed by atoms with Gasteiger partial charge in [-0.1, -0.05) is 19.8 Å². The molecule has 1 aliphatic carbocycles. The van der Waals surface area contributed by atoms with Crippen LogP contribution in [0.1, 0.15) is 39.0 Å². The van der Waals surface area contributed by atoms with E-state index in [-0.39, 0.29) is 16.6 Å². The molecule has 3 N–H and O–H groups in total. The third kappa shape index (κ3) is 3.70. The summed E-state index contributed by atoms with van der Waals surface area (Å²) in [5.41, 5.74) is 5.65. The number of nitrogens with one attached hydrogen (secondary N) is 1. The summed E-state index contributed by atoms with van der Waals surface area (Å²) in [7, 11) is -3.82. The van der Waals surface area contributed by atoms with Crippen molar-refractivity contribution in [3.05, 3.63) is 24.0 Å². The van der Waals surface area contributed by atoms with E-state index >= 15 is 0 Å². The highest BCUT2D eigenvalue weighted by Gasteiger charge is 2.25. The molecule has 2 unspecified atom stereocenters. The van der Waals surface area contributed by atoms with Gasteiger partial charge in [-0.25, -0.2) is 17.5 Å². The summed E-state index contributed by atoms with van der Waals surface area (Å²) in [5.74, 6) is -0.183. The zero-order chi connectivity index (χ0) is 14.8. The van der Waals surface area contributed by atoms with Gasteiger partial charge in [0.15, 0.2) is 0 Å². The first-order valence-electron chi connectivity index (χ1n) is 6.96. The van der Waals surface area contributed by atoms with Gasteiger partial charge in [-0.15, -0.1) is 0 Å². The monoisotopic (exact) mass is 300 g/mol. The van der Waals surface area contributed by atoms with Crippen LogP contribution in [0.3, 0.4) is 0 Å². The van der Waals surface area contributed by atoms with Gasteiger partial charge < -0.3 is 5.73 Å². The Balaban J connectivity index is 2.14. The second-order valence-electron chi connectivity index (χ2n) is 5.62. The molecule has 4 nitrogen and oxygen atoms in total. The minimum Gasteiger partial charge on any atom is -0.399 e. The fourth-order valence-electron chi connectivity index (χ4n) is 2.62. The second-order valence-corrected chi connectivity index (χ2v) is 7.30. The van der Waals surface area contributed by atoms with E-state index in [0.717, 1.165) is 38.2 Å². The molecule has 0 saturated heterocycles. The largest absolute Gasteiger partial charge is 0.399 e. The van der Waals surface area contributed by atoms with Crippen LogP contribution in [0.5, 0.6) is 0 Å². The van der Waals surface area contributed by atoms with Crippen LogP contribution in [-0.2, 0) is 10.0 Å². The molecule has 0 aliphatic heterocycles. The van der Waals surface area contributed by atoms with Crippen molar-refractivity contribution in [1.29, 1.82) is 0 Å². The average Bonchev–Trinajstić information content (AvgIpc) is 2.53. The first kappa shape index (κ1) is 15.3. The minimum atomic E-state index is -3.82. The van der Waals surface area contributed by atoms with Crippen molar-refractivity contribution in [2.24, 2.45) is 5.92 Å². The average molecular weight is 300 g/mol. The maximum Gasteiger partial charge on any atom is 0.243 e. The van der Waals surface area contributed by atoms with Crippen LogP contribution < -0.4 is 10.5 Å². The predicted molar refractivity (Wildman–Crippen MR) is 77.2 cm³/mol. The molecule has 0 radical (unpaired) electrons. The highest BCUT2D eigenvalue weighted by Crippen LogP contribution is 2.24. The van der Waals surface area contributed by atoms with Gasteiger partial charge in [0.2, 0.25) is 10.0 Å². The van der Waals surface area contributed by atoms with Crippen LogP contribution >= 0.6 is 0 Å². The topological polar surface area (TPSA) is 72.2 Å². The quantitative estimate of drug-likeness (QED) is 0.666. The van der Waals surface area contributed by atoms with Gasteiger partial charge >= 0.3 is 0 Å². The standard InChI is InChI=1S/C14H21FN2O2S/c1-10-3-2-4-12(7-5-10)17-20(18,19)14-8-6-11(16)9-13(14)15/h6,8-10,12,17H,2-5,7,16H2,1H3. The summed E-state index contributed by atoms with van der Waals surface area (Å²) < 4.78 is 40.8. The Hall–Kier alpha value is -1.14. The van der Waals surface area contributed by atoms with E-state index in [9.17, 15) is 12.8 Å². The summed E-state index contributed by atoms with van der Waals surface area (Å²) >= 11 is 0. The molecule has 0 aromatic heterocycles. The first-order chi connectivity index (χ1) is 9.38. The van der Waals surface area contributed by atoms with E-state index < -0.39 is 15.8 Å². The summed E-state index contributed by atoms with van der Waals surface area (Å²) in [5, 5.41) is 0.